The third kappa shape index (κ3) is 3.22. The van der Waals surface area contributed by atoms with E-state index in [1.54, 1.807) is 5.57 Å². The van der Waals surface area contributed by atoms with E-state index in [1.165, 1.54) is 51.4 Å². The molecular formula is C26H39NO2. The van der Waals surface area contributed by atoms with Gasteiger partial charge < -0.3 is 10.5 Å². The average molecular weight is 398 g/mol. The van der Waals surface area contributed by atoms with Crippen LogP contribution in [-0.4, -0.2) is 16.8 Å². The maximum absolute atomic E-state index is 11.2. The van der Waals surface area contributed by atoms with Gasteiger partial charge in [-0.1, -0.05) is 25.8 Å². The molecule has 3 heteroatoms. The Morgan fingerprint density at radius 2 is 1.97 bits per heavy atom. The Balaban J connectivity index is 1.47. The minimum atomic E-state index is -0.629. The molecule has 3 nitrogen and oxygen atoms in total. The van der Waals surface area contributed by atoms with E-state index in [-0.39, 0.29) is 0 Å². The number of fused-ring (bicyclic) bond motifs is 4. The van der Waals surface area contributed by atoms with Crippen LogP contribution >= 0.6 is 0 Å². The van der Waals surface area contributed by atoms with Gasteiger partial charge in [-0.15, -0.1) is 0 Å². The van der Waals surface area contributed by atoms with Crippen molar-refractivity contribution in [1.82, 2.24) is 0 Å². The van der Waals surface area contributed by atoms with Crippen molar-refractivity contribution in [2.24, 2.45) is 46.3 Å². The highest BCUT2D eigenvalue weighted by molar-refractivity contribution is 5.94. The lowest BCUT2D eigenvalue weighted by Crippen LogP contribution is -2.51. The second-order valence-corrected chi connectivity index (χ2v) is 11.5. The van der Waals surface area contributed by atoms with Crippen LogP contribution in [0, 0.1) is 51.7 Å². The molecule has 0 aromatic carbocycles. The number of aliphatic carboxylic acids is 1. The third-order valence-electron chi connectivity index (χ3n) is 10.2. The van der Waals surface area contributed by atoms with Crippen molar-refractivity contribution in [3.05, 3.63) is 11.6 Å². The number of carbonyl (C=O) groups is 1. The molecule has 5 aliphatic rings. The van der Waals surface area contributed by atoms with Crippen LogP contribution < -0.4 is 0 Å². The molecule has 29 heavy (non-hydrogen) atoms. The van der Waals surface area contributed by atoms with Gasteiger partial charge in [0.2, 0.25) is 0 Å². The van der Waals surface area contributed by atoms with Crippen LogP contribution in [0.15, 0.2) is 11.6 Å². The molecule has 4 fully saturated rings. The molecule has 0 aliphatic heterocycles. The molecule has 5 aliphatic carbocycles. The predicted molar refractivity (Wildman–Crippen MR) is 116 cm³/mol. The van der Waals surface area contributed by atoms with Crippen LogP contribution in [0.25, 0.3) is 0 Å². The minimum Gasteiger partial charge on any atom is -0.481 e. The summed E-state index contributed by atoms with van der Waals surface area (Å²) in [6.45, 7) is 4.85. The summed E-state index contributed by atoms with van der Waals surface area (Å²) < 4.78 is 0. The van der Waals surface area contributed by atoms with E-state index in [0.29, 0.717) is 17.3 Å². The highest BCUT2D eigenvalue weighted by Crippen LogP contribution is 2.72. The summed E-state index contributed by atoms with van der Waals surface area (Å²) in [4.78, 5) is 11.2. The van der Waals surface area contributed by atoms with Crippen LogP contribution in [0.1, 0.15) is 90.9 Å². The Kier molecular flexibility index (Phi) is 4.75. The topological polar surface area (TPSA) is 61.1 Å². The lowest BCUT2D eigenvalue weighted by molar-refractivity contribution is -0.137. The molecule has 0 aromatic heterocycles. The molecule has 5 unspecified atom stereocenters. The van der Waals surface area contributed by atoms with Crippen molar-refractivity contribution in [3.8, 4) is 0 Å². The van der Waals surface area contributed by atoms with Gasteiger partial charge in [-0.05, 0) is 117 Å². The number of nitrogens with one attached hydrogen (secondary N) is 1. The Morgan fingerprint density at radius 1 is 1.21 bits per heavy atom. The summed E-state index contributed by atoms with van der Waals surface area (Å²) in [6.07, 6.45) is 16.2. The fraction of sp³-hybridized carbons (Fsp3) is 0.846. The molecule has 2 N–H and O–H groups in total. The van der Waals surface area contributed by atoms with Crippen LogP contribution in [0.4, 0.5) is 0 Å². The first-order valence-electron chi connectivity index (χ1n) is 12.4. The van der Waals surface area contributed by atoms with E-state index in [1.807, 2.05) is 0 Å². The van der Waals surface area contributed by atoms with Gasteiger partial charge in [0, 0.05) is 12.1 Å². The van der Waals surface area contributed by atoms with E-state index < -0.39 is 5.97 Å². The number of carboxylic acid groups (broad SMARTS) is 1. The Morgan fingerprint density at radius 3 is 2.59 bits per heavy atom. The maximum atomic E-state index is 11.2. The number of carboxylic acids is 1. The Labute approximate surface area is 176 Å². The Bertz CT molecular complexity index is 735. The van der Waals surface area contributed by atoms with Gasteiger partial charge in [0.05, 0.1) is 0 Å². The fourth-order valence-electron chi connectivity index (χ4n) is 8.47. The van der Waals surface area contributed by atoms with Gasteiger partial charge in [-0.25, -0.2) is 0 Å². The summed E-state index contributed by atoms with van der Waals surface area (Å²) in [6, 6.07) is 0. The maximum Gasteiger partial charge on any atom is 0.303 e. The summed E-state index contributed by atoms with van der Waals surface area (Å²) in [5, 5.41) is 17.5. The van der Waals surface area contributed by atoms with E-state index in [2.05, 4.69) is 19.9 Å². The Hall–Kier alpha value is -1.12. The first-order chi connectivity index (χ1) is 13.9. The zero-order chi connectivity index (χ0) is 20.4. The molecule has 160 valence electrons. The second kappa shape index (κ2) is 6.95. The molecular weight excluding hydrogens is 358 g/mol. The quantitative estimate of drug-likeness (QED) is 0.539. The summed E-state index contributed by atoms with van der Waals surface area (Å²) in [5.41, 5.74) is 3.39. The molecule has 0 bridgehead atoms. The van der Waals surface area contributed by atoms with Crippen molar-refractivity contribution in [2.45, 2.75) is 90.9 Å². The van der Waals surface area contributed by atoms with E-state index in [4.69, 9.17) is 5.41 Å². The zero-order valence-corrected chi connectivity index (χ0v) is 18.4. The highest BCUT2D eigenvalue weighted by atomic mass is 16.4. The zero-order valence-electron chi connectivity index (χ0n) is 18.4. The van der Waals surface area contributed by atoms with Crippen LogP contribution in [0.2, 0.25) is 0 Å². The standard InChI is InChI=1S/C26H39NO2/c1-3-25(9-4-5-23(28)29)10-8-18-19-7-6-17(27)14-22(19)26(11-12-26)15-21(18)24(25)20-13-16(20)2/h14,16,18-21,24,27H,3-13,15H2,1-2H3,(H,28,29)/t16-,18?,19?,20+,21?,24?,25?/m0/s1. The van der Waals surface area contributed by atoms with Gasteiger partial charge in [0.1, 0.15) is 0 Å². The van der Waals surface area contributed by atoms with Crippen LogP contribution in [0.5, 0.6) is 0 Å². The SMILES string of the molecule is CCC1(CCCC(=O)O)CCC2C3CCC(=N)C=C3C3(CC3)CC2C1[C@@H]1C[C@@H]1C. The number of hydrogen-bond acceptors (Lipinski definition) is 2. The largest absolute Gasteiger partial charge is 0.481 e. The van der Waals surface area contributed by atoms with Gasteiger partial charge in [0.25, 0.3) is 0 Å². The summed E-state index contributed by atoms with van der Waals surface area (Å²) in [7, 11) is 0. The molecule has 0 saturated heterocycles. The van der Waals surface area contributed by atoms with Crippen LogP contribution in [-0.2, 0) is 4.79 Å². The lowest BCUT2D eigenvalue weighted by Gasteiger charge is -2.58. The van der Waals surface area contributed by atoms with Crippen molar-refractivity contribution < 1.29 is 9.90 Å². The number of hydrogen-bond donors (Lipinski definition) is 2. The third-order valence-corrected chi connectivity index (χ3v) is 10.2. The van der Waals surface area contributed by atoms with Crippen LogP contribution in [0.3, 0.4) is 0 Å². The molecule has 5 rings (SSSR count). The van der Waals surface area contributed by atoms with Crippen molar-refractivity contribution in [3.63, 3.8) is 0 Å². The highest BCUT2D eigenvalue weighted by Gasteiger charge is 2.63. The minimum absolute atomic E-state index is 0.338. The lowest BCUT2D eigenvalue weighted by atomic mass is 9.46. The van der Waals surface area contributed by atoms with Gasteiger partial charge in [-0.3, -0.25) is 4.79 Å². The van der Waals surface area contributed by atoms with E-state index in [9.17, 15) is 9.90 Å². The normalized spacial score (nSPS) is 44.6. The molecule has 0 heterocycles. The molecule has 7 atom stereocenters. The van der Waals surface area contributed by atoms with E-state index >= 15 is 0 Å². The van der Waals surface area contributed by atoms with E-state index in [0.717, 1.165) is 60.5 Å². The first kappa shape index (κ1) is 19.8. The van der Waals surface area contributed by atoms with Crippen molar-refractivity contribution >= 4 is 11.7 Å². The van der Waals surface area contributed by atoms with Crippen molar-refractivity contribution in [1.29, 1.82) is 5.41 Å². The first-order valence-corrected chi connectivity index (χ1v) is 12.4. The molecule has 0 amide bonds. The van der Waals surface area contributed by atoms with Gasteiger partial charge in [-0.2, -0.15) is 0 Å². The van der Waals surface area contributed by atoms with Crippen molar-refractivity contribution in [2.75, 3.05) is 0 Å². The molecule has 0 aromatic rings. The van der Waals surface area contributed by atoms with Gasteiger partial charge in [0.15, 0.2) is 0 Å². The van der Waals surface area contributed by atoms with Gasteiger partial charge >= 0.3 is 5.97 Å². The molecule has 0 radical (unpaired) electrons. The average Bonchev–Trinajstić information content (AvgIpc) is 3.60. The fourth-order valence-corrected chi connectivity index (χ4v) is 8.47. The monoisotopic (exact) mass is 397 g/mol. The number of allylic oxidation sites excluding steroid dienone is 2. The summed E-state index contributed by atoms with van der Waals surface area (Å²) >= 11 is 0. The smallest absolute Gasteiger partial charge is 0.303 e. The number of rotatable bonds is 6. The molecule has 4 saturated carbocycles. The second-order valence-electron chi connectivity index (χ2n) is 11.5. The predicted octanol–water partition coefficient (Wildman–Crippen LogP) is 6.48. The summed E-state index contributed by atoms with van der Waals surface area (Å²) in [5.74, 6) is 4.37. The molecule has 1 spiro atoms.